The van der Waals surface area contributed by atoms with Crippen molar-refractivity contribution in [1.82, 2.24) is 0 Å². The van der Waals surface area contributed by atoms with Crippen molar-refractivity contribution < 1.29 is 24.2 Å². The van der Waals surface area contributed by atoms with Crippen LogP contribution in [0.25, 0.3) is 5.76 Å². The molecule has 3 aromatic carbocycles. The zero-order valence-corrected chi connectivity index (χ0v) is 19.4. The summed E-state index contributed by atoms with van der Waals surface area (Å²) in [6.07, 6.45) is 0.842. The van der Waals surface area contributed by atoms with Crippen molar-refractivity contribution in [2.24, 2.45) is 0 Å². The fourth-order valence-electron chi connectivity index (χ4n) is 4.12. The highest BCUT2D eigenvalue weighted by atomic mass is 16.5. The van der Waals surface area contributed by atoms with Crippen LogP contribution >= 0.6 is 0 Å². The van der Waals surface area contributed by atoms with Crippen LogP contribution in [0.1, 0.15) is 36.1 Å². The molecule has 0 aromatic heterocycles. The molecule has 0 saturated carbocycles. The number of carbonyl (C=O) groups excluding carboxylic acids is 2. The summed E-state index contributed by atoms with van der Waals surface area (Å²) < 4.78 is 11.0. The van der Waals surface area contributed by atoms with Crippen LogP contribution in [0.4, 0.5) is 5.69 Å². The molecule has 1 amide bonds. The zero-order valence-electron chi connectivity index (χ0n) is 19.4. The molecule has 6 nitrogen and oxygen atoms in total. The zero-order chi connectivity index (χ0) is 24.2. The minimum Gasteiger partial charge on any atom is -0.507 e. The second-order valence-electron chi connectivity index (χ2n) is 8.11. The third-order valence-corrected chi connectivity index (χ3v) is 5.83. The third-order valence-electron chi connectivity index (χ3n) is 5.83. The highest BCUT2D eigenvalue weighted by Gasteiger charge is 2.47. The molecule has 4 rings (SSSR count). The SMILES string of the molecule is CCCOc1cccc(/C(O)=C2/C(=O)C(=O)N(c3ccccc3C)C2c2ccc(OC)cc2)c1. The number of aliphatic hydroxyl groups excluding tert-OH is 1. The molecule has 1 atom stereocenters. The lowest BCUT2D eigenvalue weighted by atomic mass is 9.94. The number of benzene rings is 3. The van der Waals surface area contributed by atoms with Crippen LogP contribution in [-0.4, -0.2) is 30.5 Å². The van der Waals surface area contributed by atoms with Crippen LogP contribution in [0.2, 0.25) is 0 Å². The van der Waals surface area contributed by atoms with Gasteiger partial charge in [0.15, 0.2) is 0 Å². The number of methoxy groups -OCH3 is 1. The Morgan fingerprint density at radius 3 is 2.38 bits per heavy atom. The number of anilines is 1. The van der Waals surface area contributed by atoms with E-state index in [0.717, 1.165) is 12.0 Å². The van der Waals surface area contributed by atoms with Crippen LogP contribution in [0.15, 0.2) is 78.4 Å². The van der Waals surface area contributed by atoms with E-state index in [1.165, 1.54) is 4.90 Å². The van der Waals surface area contributed by atoms with Gasteiger partial charge in [0, 0.05) is 11.3 Å². The fourth-order valence-corrected chi connectivity index (χ4v) is 4.12. The number of carbonyl (C=O) groups is 2. The number of hydrogen-bond acceptors (Lipinski definition) is 5. The Labute approximate surface area is 199 Å². The summed E-state index contributed by atoms with van der Waals surface area (Å²) in [6.45, 7) is 4.42. The molecular weight excluding hydrogens is 430 g/mol. The first-order valence-corrected chi connectivity index (χ1v) is 11.2. The van der Waals surface area contributed by atoms with E-state index in [4.69, 9.17) is 9.47 Å². The predicted molar refractivity (Wildman–Crippen MR) is 131 cm³/mol. The highest BCUT2D eigenvalue weighted by Crippen LogP contribution is 2.43. The van der Waals surface area contributed by atoms with E-state index >= 15 is 0 Å². The first-order valence-electron chi connectivity index (χ1n) is 11.2. The number of nitrogens with zero attached hydrogens (tertiary/aromatic N) is 1. The van der Waals surface area contributed by atoms with E-state index in [-0.39, 0.29) is 11.3 Å². The molecule has 1 saturated heterocycles. The Morgan fingerprint density at radius 1 is 0.971 bits per heavy atom. The van der Waals surface area contributed by atoms with Crippen LogP contribution in [0.3, 0.4) is 0 Å². The molecule has 1 N–H and O–H groups in total. The molecule has 0 bridgehead atoms. The smallest absolute Gasteiger partial charge is 0.300 e. The van der Waals surface area contributed by atoms with Crippen LogP contribution in [-0.2, 0) is 9.59 Å². The van der Waals surface area contributed by atoms with E-state index < -0.39 is 17.7 Å². The number of aliphatic hydroxyl groups is 1. The van der Waals surface area contributed by atoms with Gasteiger partial charge in [-0.3, -0.25) is 14.5 Å². The molecule has 1 aliphatic rings. The Bertz CT molecular complexity index is 1250. The topological polar surface area (TPSA) is 76.1 Å². The van der Waals surface area contributed by atoms with E-state index in [0.29, 0.717) is 34.9 Å². The van der Waals surface area contributed by atoms with Gasteiger partial charge in [-0.2, -0.15) is 0 Å². The van der Waals surface area contributed by atoms with Gasteiger partial charge in [-0.15, -0.1) is 0 Å². The standard InChI is InChI=1S/C28H27NO5/c1-4-16-34-22-10-7-9-20(17-22)26(30)24-25(19-12-14-21(33-3)15-13-19)29(28(32)27(24)31)23-11-6-5-8-18(23)2/h5-15,17,25,30H,4,16H2,1-3H3/b26-24-. The van der Waals surface area contributed by atoms with Crippen molar-refractivity contribution in [3.05, 3.63) is 95.1 Å². The first-order chi connectivity index (χ1) is 16.5. The van der Waals surface area contributed by atoms with Gasteiger partial charge in [0.2, 0.25) is 0 Å². The Morgan fingerprint density at radius 2 is 1.71 bits per heavy atom. The summed E-state index contributed by atoms with van der Waals surface area (Å²) in [5.41, 5.74) is 2.59. The molecule has 1 fully saturated rings. The van der Waals surface area contributed by atoms with Crippen molar-refractivity contribution in [3.8, 4) is 11.5 Å². The molecule has 174 valence electrons. The maximum Gasteiger partial charge on any atom is 0.300 e. The van der Waals surface area contributed by atoms with E-state index in [9.17, 15) is 14.7 Å². The van der Waals surface area contributed by atoms with Crippen molar-refractivity contribution in [2.75, 3.05) is 18.6 Å². The normalized spacial score (nSPS) is 17.1. The van der Waals surface area contributed by atoms with Crippen molar-refractivity contribution >= 4 is 23.1 Å². The molecule has 34 heavy (non-hydrogen) atoms. The number of ketones is 1. The number of Topliss-reactive ketones (excluding diaryl/α,β-unsaturated/α-hetero) is 1. The summed E-state index contributed by atoms with van der Waals surface area (Å²) >= 11 is 0. The lowest BCUT2D eigenvalue weighted by Gasteiger charge is -2.27. The van der Waals surface area contributed by atoms with Gasteiger partial charge < -0.3 is 14.6 Å². The molecule has 1 unspecified atom stereocenters. The average molecular weight is 458 g/mol. The quantitative estimate of drug-likeness (QED) is 0.291. The molecule has 3 aromatic rings. The van der Waals surface area contributed by atoms with Crippen LogP contribution < -0.4 is 14.4 Å². The van der Waals surface area contributed by atoms with Gasteiger partial charge in [-0.1, -0.05) is 49.4 Å². The molecule has 1 heterocycles. The number of ether oxygens (including phenoxy) is 2. The monoisotopic (exact) mass is 457 g/mol. The van der Waals surface area contributed by atoms with E-state index in [2.05, 4.69) is 0 Å². The predicted octanol–water partition coefficient (Wildman–Crippen LogP) is 5.42. The summed E-state index contributed by atoms with van der Waals surface area (Å²) in [5, 5.41) is 11.3. The second kappa shape index (κ2) is 9.83. The Hall–Kier alpha value is -4.06. The summed E-state index contributed by atoms with van der Waals surface area (Å²) in [6, 6.07) is 20.6. The van der Waals surface area contributed by atoms with Crippen molar-refractivity contribution in [1.29, 1.82) is 0 Å². The van der Waals surface area contributed by atoms with Gasteiger partial charge in [0.05, 0.1) is 25.3 Å². The molecule has 1 aliphatic heterocycles. The lowest BCUT2D eigenvalue weighted by Crippen LogP contribution is -2.30. The minimum atomic E-state index is -0.799. The Balaban J connectivity index is 1.90. The summed E-state index contributed by atoms with van der Waals surface area (Å²) in [4.78, 5) is 28.1. The summed E-state index contributed by atoms with van der Waals surface area (Å²) in [7, 11) is 1.57. The fraction of sp³-hybridized carbons (Fsp3) is 0.214. The van der Waals surface area contributed by atoms with Gasteiger partial charge in [0.1, 0.15) is 17.3 Å². The molecular formula is C28H27NO5. The minimum absolute atomic E-state index is 0.0334. The Kier molecular flexibility index (Phi) is 6.68. The number of para-hydroxylation sites is 1. The number of rotatable bonds is 7. The lowest BCUT2D eigenvalue weighted by molar-refractivity contribution is -0.132. The number of amides is 1. The van der Waals surface area contributed by atoms with Crippen LogP contribution in [0, 0.1) is 6.92 Å². The van der Waals surface area contributed by atoms with E-state index in [1.807, 2.05) is 32.0 Å². The average Bonchev–Trinajstić information content (AvgIpc) is 3.13. The second-order valence-corrected chi connectivity index (χ2v) is 8.11. The van der Waals surface area contributed by atoms with Crippen molar-refractivity contribution in [2.45, 2.75) is 26.3 Å². The van der Waals surface area contributed by atoms with Gasteiger partial charge in [-0.25, -0.2) is 0 Å². The third kappa shape index (κ3) is 4.27. The molecule has 6 heteroatoms. The largest absolute Gasteiger partial charge is 0.507 e. The first kappa shape index (κ1) is 23.1. The maximum absolute atomic E-state index is 13.3. The summed E-state index contributed by atoms with van der Waals surface area (Å²) in [5.74, 6) is -0.425. The van der Waals surface area contributed by atoms with Gasteiger partial charge >= 0.3 is 0 Å². The van der Waals surface area contributed by atoms with Crippen molar-refractivity contribution in [3.63, 3.8) is 0 Å². The van der Waals surface area contributed by atoms with Gasteiger partial charge in [-0.05, 0) is 54.8 Å². The van der Waals surface area contributed by atoms with Gasteiger partial charge in [0.25, 0.3) is 11.7 Å². The molecule has 0 spiro atoms. The van der Waals surface area contributed by atoms with E-state index in [1.54, 1.807) is 61.7 Å². The molecule has 0 radical (unpaired) electrons. The number of aryl methyl sites for hydroxylation is 1. The van der Waals surface area contributed by atoms with Crippen LogP contribution in [0.5, 0.6) is 11.5 Å². The molecule has 0 aliphatic carbocycles. The highest BCUT2D eigenvalue weighted by molar-refractivity contribution is 6.51. The maximum atomic E-state index is 13.3. The number of hydrogen-bond donors (Lipinski definition) is 1.